The minimum Gasteiger partial charge on any atom is -0.493 e. The number of para-hydroxylation sites is 1. The molecule has 0 radical (unpaired) electrons. The van der Waals surface area contributed by atoms with E-state index >= 15 is 0 Å². The Morgan fingerprint density at radius 3 is 2.29 bits per heavy atom. The molecule has 10 heteroatoms. The normalized spacial score (nSPS) is 13.9. The molecule has 3 aromatic rings. The average molecular weight is 532 g/mol. The predicted octanol–water partition coefficient (Wildman–Crippen LogP) is 4.70. The Bertz CT molecular complexity index is 1390. The Hall–Kier alpha value is -4.57. The maximum absolute atomic E-state index is 12.8. The maximum atomic E-state index is 12.8. The van der Waals surface area contributed by atoms with Crippen LogP contribution < -0.4 is 20.1 Å². The van der Waals surface area contributed by atoms with Crippen molar-refractivity contribution < 1.29 is 28.7 Å². The summed E-state index contributed by atoms with van der Waals surface area (Å²) < 4.78 is 11.0. The molecule has 1 saturated heterocycles. The fraction of sp³-hybridized carbons (Fsp3) is 0.143. The van der Waals surface area contributed by atoms with Crippen LogP contribution >= 0.6 is 11.8 Å². The van der Waals surface area contributed by atoms with Gasteiger partial charge in [0.05, 0.1) is 12.0 Å². The van der Waals surface area contributed by atoms with Gasteiger partial charge in [-0.2, -0.15) is 0 Å². The Kier molecular flexibility index (Phi) is 8.44. The van der Waals surface area contributed by atoms with Crippen LogP contribution in [-0.2, 0) is 14.4 Å². The highest BCUT2D eigenvalue weighted by Crippen LogP contribution is 2.34. The number of amides is 4. The molecule has 0 aromatic heterocycles. The fourth-order valence-electron chi connectivity index (χ4n) is 3.52. The minimum atomic E-state index is -0.560. The van der Waals surface area contributed by atoms with Crippen molar-refractivity contribution in [2.24, 2.45) is 0 Å². The Labute approximate surface area is 223 Å². The highest BCUT2D eigenvalue weighted by Gasteiger charge is 2.36. The number of imide groups is 1. The lowest BCUT2D eigenvalue weighted by atomic mass is 10.2. The van der Waals surface area contributed by atoms with Gasteiger partial charge in [-0.1, -0.05) is 42.0 Å². The number of hydrogen-bond acceptors (Lipinski definition) is 7. The van der Waals surface area contributed by atoms with Crippen LogP contribution in [0.25, 0.3) is 6.08 Å². The van der Waals surface area contributed by atoms with E-state index in [1.807, 2.05) is 25.1 Å². The van der Waals surface area contributed by atoms with Gasteiger partial charge in [0.15, 0.2) is 18.1 Å². The van der Waals surface area contributed by atoms with Gasteiger partial charge >= 0.3 is 0 Å². The molecule has 194 valence electrons. The highest BCUT2D eigenvalue weighted by molar-refractivity contribution is 8.18. The smallest absolute Gasteiger partial charge is 0.294 e. The summed E-state index contributed by atoms with van der Waals surface area (Å²) in [6, 6.07) is 21.1. The molecule has 1 aliphatic heterocycles. The van der Waals surface area contributed by atoms with Gasteiger partial charge in [-0.3, -0.25) is 24.1 Å². The molecular formula is C28H25N3O6S. The molecule has 3 aromatic carbocycles. The van der Waals surface area contributed by atoms with Gasteiger partial charge in [0.1, 0.15) is 6.54 Å². The second-order valence-corrected chi connectivity index (χ2v) is 9.29. The van der Waals surface area contributed by atoms with Crippen molar-refractivity contribution in [1.29, 1.82) is 0 Å². The summed E-state index contributed by atoms with van der Waals surface area (Å²) >= 11 is 0.752. The van der Waals surface area contributed by atoms with Crippen LogP contribution in [0.5, 0.6) is 11.5 Å². The first-order valence-electron chi connectivity index (χ1n) is 11.6. The molecule has 0 atom stereocenters. The lowest BCUT2D eigenvalue weighted by Crippen LogP contribution is -2.36. The largest absolute Gasteiger partial charge is 0.493 e. The Morgan fingerprint density at radius 1 is 0.895 bits per heavy atom. The molecular weight excluding hydrogens is 506 g/mol. The summed E-state index contributed by atoms with van der Waals surface area (Å²) in [6.45, 7) is 1.34. The Morgan fingerprint density at radius 2 is 1.58 bits per heavy atom. The molecule has 0 spiro atoms. The number of thioether (sulfide) groups is 1. The van der Waals surface area contributed by atoms with Crippen molar-refractivity contribution in [3.63, 3.8) is 0 Å². The molecule has 0 unspecified atom stereocenters. The number of carbonyl (C=O) groups excluding carboxylic acids is 4. The van der Waals surface area contributed by atoms with Gasteiger partial charge in [-0.25, -0.2) is 0 Å². The molecule has 9 nitrogen and oxygen atoms in total. The van der Waals surface area contributed by atoms with E-state index in [2.05, 4.69) is 10.6 Å². The fourth-order valence-corrected chi connectivity index (χ4v) is 4.36. The number of rotatable bonds is 9. The number of aryl methyl sites for hydroxylation is 1. The molecule has 1 fully saturated rings. The van der Waals surface area contributed by atoms with Crippen LogP contribution in [0.15, 0.2) is 77.7 Å². The summed E-state index contributed by atoms with van der Waals surface area (Å²) in [5, 5.41) is 4.88. The third-order valence-corrected chi connectivity index (χ3v) is 6.32. The third kappa shape index (κ3) is 6.80. The Balaban J connectivity index is 1.37. The first-order chi connectivity index (χ1) is 18.3. The molecule has 0 bridgehead atoms. The van der Waals surface area contributed by atoms with Crippen LogP contribution in [0.4, 0.5) is 16.2 Å². The van der Waals surface area contributed by atoms with Gasteiger partial charge < -0.3 is 20.1 Å². The summed E-state index contributed by atoms with van der Waals surface area (Å²) in [6.07, 6.45) is 1.54. The monoisotopic (exact) mass is 531 g/mol. The van der Waals surface area contributed by atoms with Crippen LogP contribution in [-0.4, -0.2) is 48.1 Å². The van der Waals surface area contributed by atoms with Gasteiger partial charge in [0.25, 0.3) is 17.1 Å². The van der Waals surface area contributed by atoms with E-state index in [1.165, 1.54) is 13.2 Å². The van der Waals surface area contributed by atoms with Crippen LogP contribution in [0.1, 0.15) is 11.1 Å². The zero-order valence-corrected chi connectivity index (χ0v) is 21.5. The van der Waals surface area contributed by atoms with Crippen LogP contribution in [0, 0.1) is 6.92 Å². The predicted molar refractivity (Wildman–Crippen MR) is 146 cm³/mol. The third-order valence-electron chi connectivity index (χ3n) is 5.41. The average Bonchev–Trinajstić information content (AvgIpc) is 3.16. The van der Waals surface area contributed by atoms with Gasteiger partial charge in [0, 0.05) is 11.4 Å². The lowest BCUT2D eigenvalue weighted by Gasteiger charge is -2.12. The lowest BCUT2D eigenvalue weighted by molar-refractivity contribution is -0.127. The molecule has 0 aliphatic carbocycles. The van der Waals surface area contributed by atoms with Crippen molar-refractivity contribution in [2.45, 2.75) is 6.92 Å². The van der Waals surface area contributed by atoms with Gasteiger partial charge in [0.2, 0.25) is 5.91 Å². The molecule has 0 saturated carbocycles. The van der Waals surface area contributed by atoms with Crippen molar-refractivity contribution in [2.75, 3.05) is 30.9 Å². The molecule has 4 rings (SSSR count). The number of ether oxygens (including phenoxy) is 2. The summed E-state index contributed by atoms with van der Waals surface area (Å²) in [7, 11) is 1.46. The van der Waals surface area contributed by atoms with E-state index < -0.39 is 23.6 Å². The van der Waals surface area contributed by atoms with Gasteiger partial charge in [-0.15, -0.1) is 0 Å². The summed E-state index contributed by atoms with van der Waals surface area (Å²) in [4.78, 5) is 50.9. The first kappa shape index (κ1) is 26.5. The highest BCUT2D eigenvalue weighted by atomic mass is 32.2. The van der Waals surface area contributed by atoms with Crippen LogP contribution in [0.3, 0.4) is 0 Å². The van der Waals surface area contributed by atoms with E-state index in [9.17, 15) is 19.2 Å². The van der Waals surface area contributed by atoms with Crippen molar-refractivity contribution in [3.8, 4) is 11.5 Å². The SMILES string of the molecule is COc1cc(/C=C2\SC(=O)N(CC(=O)Nc3ccccc3)C2=O)ccc1OCC(=O)Nc1ccc(C)cc1. The van der Waals surface area contributed by atoms with E-state index in [0.717, 1.165) is 22.2 Å². The topological polar surface area (TPSA) is 114 Å². The number of carbonyl (C=O) groups is 4. The number of methoxy groups -OCH3 is 1. The van der Waals surface area contributed by atoms with Crippen LogP contribution in [0.2, 0.25) is 0 Å². The van der Waals surface area contributed by atoms with E-state index in [0.29, 0.717) is 28.4 Å². The zero-order valence-electron chi connectivity index (χ0n) is 20.7. The van der Waals surface area contributed by atoms with Gasteiger partial charge in [-0.05, 0) is 66.7 Å². The van der Waals surface area contributed by atoms with E-state index in [-0.39, 0.29) is 17.4 Å². The number of hydrogen-bond donors (Lipinski definition) is 2. The molecule has 1 heterocycles. The number of nitrogens with zero attached hydrogens (tertiary/aromatic N) is 1. The molecule has 2 N–H and O–H groups in total. The number of nitrogens with one attached hydrogen (secondary N) is 2. The second-order valence-electron chi connectivity index (χ2n) is 8.30. The van der Waals surface area contributed by atoms with E-state index in [1.54, 1.807) is 54.6 Å². The summed E-state index contributed by atoms with van der Waals surface area (Å²) in [5.74, 6) is -0.674. The van der Waals surface area contributed by atoms with Crippen molar-refractivity contribution >= 4 is 52.2 Å². The standard InChI is InChI=1S/C28H25N3O6S/c1-18-8-11-21(12-9-18)30-26(33)17-37-22-13-10-19(14-23(22)36-2)15-24-27(34)31(28(35)38-24)16-25(32)29-20-6-4-3-5-7-20/h3-15H,16-17H2,1-2H3,(H,29,32)(H,30,33)/b24-15-. The second kappa shape index (κ2) is 12.1. The maximum Gasteiger partial charge on any atom is 0.294 e. The minimum absolute atomic E-state index is 0.177. The zero-order chi connectivity index (χ0) is 27.1. The first-order valence-corrected chi connectivity index (χ1v) is 12.4. The summed E-state index contributed by atoms with van der Waals surface area (Å²) in [5.41, 5.74) is 2.90. The molecule has 1 aliphatic rings. The number of benzene rings is 3. The molecule has 4 amide bonds. The van der Waals surface area contributed by atoms with E-state index in [4.69, 9.17) is 9.47 Å². The number of anilines is 2. The molecule has 38 heavy (non-hydrogen) atoms. The quantitative estimate of drug-likeness (QED) is 0.385. The van der Waals surface area contributed by atoms with Crippen molar-refractivity contribution in [1.82, 2.24) is 4.90 Å². The van der Waals surface area contributed by atoms with Crippen molar-refractivity contribution in [3.05, 3.63) is 88.8 Å².